The molecule has 1 fully saturated rings. The van der Waals surface area contributed by atoms with E-state index in [0.29, 0.717) is 12.5 Å². The van der Waals surface area contributed by atoms with Gasteiger partial charge in [-0.15, -0.1) is 0 Å². The smallest absolute Gasteiger partial charge is 0.0774 e. The summed E-state index contributed by atoms with van der Waals surface area (Å²) in [5.41, 5.74) is 6.72. The van der Waals surface area contributed by atoms with Gasteiger partial charge in [0.05, 0.1) is 5.60 Å². The van der Waals surface area contributed by atoms with Gasteiger partial charge in [-0.3, -0.25) is 0 Å². The van der Waals surface area contributed by atoms with Gasteiger partial charge in [-0.2, -0.15) is 0 Å². The lowest BCUT2D eigenvalue weighted by molar-refractivity contribution is 0.0152. The van der Waals surface area contributed by atoms with E-state index >= 15 is 0 Å². The standard InChI is InChI=1S/C16H26N2O/c1-18(13-16(19)9-5-6-10-16)12-15(11-17)14-7-3-2-4-8-14/h2-4,7-8,15,19H,5-6,9-13,17H2,1H3. The first-order valence-corrected chi connectivity index (χ1v) is 7.29. The zero-order valence-corrected chi connectivity index (χ0v) is 11.9. The molecular weight excluding hydrogens is 236 g/mol. The van der Waals surface area contributed by atoms with Crippen molar-refractivity contribution in [3.05, 3.63) is 35.9 Å². The highest BCUT2D eigenvalue weighted by Gasteiger charge is 2.32. The summed E-state index contributed by atoms with van der Waals surface area (Å²) in [6.07, 6.45) is 4.19. The SMILES string of the molecule is CN(CC(CN)c1ccccc1)CC1(O)CCCC1. The molecule has 0 aromatic heterocycles. The summed E-state index contributed by atoms with van der Waals surface area (Å²) in [5.74, 6) is 0.344. The molecule has 0 bridgehead atoms. The maximum absolute atomic E-state index is 10.4. The normalized spacial score (nSPS) is 19.8. The lowest BCUT2D eigenvalue weighted by Crippen LogP contribution is -2.41. The van der Waals surface area contributed by atoms with E-state index in [1.165, 1.54) is 5.56 Å². The van der Waals surface area contributed by atoms with E-state index < -0.39 is 5.60 Å². The molecule has 0 saturated heterocycles. The van der Waals surface area contributed by atoms with E-state index in [-0.39, 0.29) is 0 Å². The number of hydrogen-bond donors (Lipinski definition) is 2. The number of hydrogen-bond acceptors (Lipinski definition) is 3. The number of benzene rings is 1. The first-order chi connectivity index (χ1) is 9.13. The van der Waals surface area contributed by atoms with Crippen LogP contribution in [0.25, 0.3) is 0 Å². The fourth-order valence-corrected chi connectivity index (χ4v) is 3.18. The predicted octanol–water partition coefficient (Wildman–Crippen LogP) is 1.97. The first kappa shape index (κ1) is 14.5. The molecule has 1 aromatic rings. The van der Waals surface area contributed by atoms with Crippen LogP contribution in [0, 0.1) is 0 Å². The molecule has 2 rings (SSSR count). The van der Waals surface area contributed by atoms with Crippen LogP contribution in [0.4, 0.5) is 0 Å². The van der Waals surface area contributed by atoms with Crippen LogP contribution in [0.1, 0.15) is 37.2 Å². The maximum Gasteiger partial charge on any atom is 0.0774 e. The Kier molecular flexibility index (Phi) is 4.97. The Morgan fingerprint density at radius 2 is 1.89 bits per heavy atom. The van der Waals surface area contributed by atoms with Gasteiger partial charge in [0.25, 0.3) is 0 Å². The van der Waals surface area contributed by atoms with Gasteiger partial charge in [0.2, 0.25) is 0 Å². The summed E-state index contributed by atoms with van der Waals surface area (Å²) in [6, 6.07) is 10.4. The number of likely N-dealkylation sites (N-methyl/N-ethyl adjacent to an activating group) is 1. The fraction of sp³-hybridized carbons (Fsp3) is 0.625. The molecule has 19 heavy (non-hydrogen) atoms. The minimum atomic E-state index is -0.468. The van der Waals surface area contributed by atoms with E-state index in [0.717, 1.165) is 38.8 Å². The topological polar surface area (TPSA) is 49.5 Å². The second-order valence-electron chi connectivity index (χ2n) is 5.97. The fourth-order valence-electron chi connectivity index (χ4n) is 3.18. The minimum absolute atomic E-state index is 0.344. The van der Waals surface area contributed by atoms with Gasteiger partial charge in [0, 0.05) is 25.6 Å². The van der Waals surface area contributed by atoms with Gasteiger partial charge >= 0.3 is 0 Å². The molecule has 0 radical (unpaired) electrons. The second kappa shape index (κ2) is 6.51. The van der Waals surface area contributed by atoms with E-state index in [9.17, 15) is 5.11 Å². The van der Waals surface area contributed by atoms with Crippen LogP contribution < -0.4 is 5.73 Å². The predicted molar refractivity (Wildman–Crippen MR) is 79.2 cm³/mol. The van der Waals surface area contributed by atoms with Gasteiger partial charge in [0.1, 0.15) is 0 Å². The Labute approximate surface area is 116 Å². The molecular formula is C16H26N2O. The Hall–Kier alpha value is -0.900. The number of aliphatic hydroxyl groups is 1. The molecule has 1 aliphatic rings. The van der Waals surface area contributed by atoms with Crippen molar-refractivity contribution in [2.24, 2.45) is 5.73 Å². The lowest BCUT2D eigenvalue weighted by atomic mass is 9.97. The number of nitrogens with zero attached hydrogens (tertiary/aromatic N) is 1. The Bertz CT molecular complexity index is 374. The molecule has 0 spiro atoms. The van der Waals surface area contributed by atoms with Crippen LogP contribution in [0.5, 0.6) is 0 Å². The average Bonchev–Trinajstić information content (AvgIpc) is 2.83. The monoisotopic (exact) mass is 262 g/mol. The Balaban J connectivity index is 1.91. The molecule has 0 aliphatic heterocycles. The van der Waals surface area contributed by atoms with E-state index in [4.69, 9.17) is 5.73 Å². The molecule has 3 N–H and O–H groups in total. The second-order valence-corrected chi connectivity index (χ2v) is 5.97. The molecule has 1 unspecified atom stereocenters. The highest BCUT2D eigenvalue weighted by Crippen LogP contribution is 2.30. The van der Waals surface area contributed by atoms with Crippen LogP contribution in [0.2, 0.25) is 0 Å². The number of rotatable bonds is 6. The van der Waals surface area contributed by atoms with E-state index in [2.05, 4.69) is 36.2 Å². The average molecular weight is 262 g/mol. The molecule has 1 atom stereocenters. The molecule has 1 saturated carbocycles. The van der Waals surface area contributed by atoms with Crippen LogP contribution in [-0.2, 0) is 0 Å². The molecule has 3 heteroatoms. The highest BCUT2D eigenvalue weighted by molar-refractivity contribution is 5.20. The van der Waals surface area contributed by atoms with Crippen molar-refractivity contribution in [2.75, 3.05) is 26.7 Å². The summed E-state index contributed by atoms with van der Waals surface area (Å²) in [4.78, 5) is 2.23. The molecule has 3 nitrogen and oxygen atoms in total. The molecule has 106 valence electrons. The zero-order valence-electron chi connectivity index (χ0n) is 11.9. The summed E-state index contributed by atoms with van der Waals surface area (Å²) in [5, 5.41) is 10.4. The van der Waals surface area contributed by atoms with Gasteiger partial charge in [-0.25, -0.2) is 0 Å². The van der Waals surface area contributed by atoms with Crippen LogP contribution in [0.15, 0.2) is 30.3 Å². The van der Waals surface area contributed by atoms with Crippen molar-refractivity contribution in [2.45, 2.75) is 37.2 Å². The van der Waals surface area contributed by atoms with Crippen LogP contribution >= 0.6 is 0 Å². The van der Waals surface area contributed by atoms with Crippen molar-refractivity contribution in [3.8, 4) is 0 Å². The van der Waals surface area contributed by atoms with Crippen LogP contribution in [-0.4, -0.2) is 42.3 Å². The van der Waals surface area contributed by atoms with Crippen molar-refractivity contribution < 1.29 is 5.11 Å². The summed E-state index contributed by atoms with van der Waals surface area (Å²) in [6.45, 7) is 2.31. The zero-order chi connectivity index (χ0) is 13.7. The molecule has 0 heterocycles. The third-order valence-corrected chi connectivity index (χ3v) is 4.19. The highest BCUT2D eigenvalue weighted by atomic mass is 16.3. The Morgan fingerprint density at radius 3 is 2.47 bits per heavy atom. The van der Waals surface area contributed by atoms with Crippen molar-refractivity contribution >= 4 is 0 Å². The van der Waals surface area contributed by atoms with Crippen LogP contribution in [0.3, 0.4) is 0 Å². The third-order valence-electron chi connectivity index (χ3n) is 4.19. The van der Waals surface area contributed by atoms with E-state index in [1.54, 1.807) is 0 Å². The van der Waals surface area contributed by atoms with Gasteiger partial charge in [0.15, 0.2) is 0 Å². The van der Waals surface area contributed by atoms with Crippen molar-refractivity contribution in [1.29, 1.82) is 0 Å². The third kappa shape index (κ3) is 4.03. The summed E-state index contributed by atoms with van der Waals surface area (Å²) >= 11 is 0. The minimum Gasteiger partial charge on any atom is -0.389 e. The van der Waals surface area contributed by atoms with Gasteiger partial charge in [-0.05, 0) is 25.5 Å². The summed E-state index contributed by atoms with van der Waals surface area (Å²) in [7, 11) is 2.09. The van der Waals surface area contributed by atoms with Crippen molar-refractivity contribution in [1.82, 2.24) is 4.90 Å². The molecule has 1 aromatic carbocycles. The number of nitrogens with two attached hydrogens (primary N) is 1. The first-order valence-electron chi connectivity index (χ1n) is 7.29. The molecule has 1 aliphatic carbocycles. The van der Waals surface area contributed by atoms with Gasteiger partial charge < -0.3 is 15.7 Å². The lowest BCUT2D eigenvalue weighted by Gasteiger charge is -2.31. The van der Waals surface area contributed by atoms with Crippen molar-refractivity contribution in [3.63, 3.8) is 0 Å². The quantitative estimate of drug-likeness (QED) is 0.824. The Morgan fingerprint density at radius 1 is 1.26 bits per heavy atom. The largest absolute Gasteiger partial charge is 0.389 e. The van der Waals surface area contributed by atoms with Gasteiger partial charge in [-0.1, -0.05) is 43.2 Å². The van der Waals surface area contributed by atoms with E-state index in [1.807, 2.05) is 6.07 Å². The molecule has 0 amide bonds. The summed E-state index contributed by atoms with van der Waals surface area (Å²) < 4.78 is 0. The maximum atomic E-state index is 10.4.